The maximum atomic E-state index is 12.4. The van der Waals surface area contributed by atoms with E-state index in [4.69, 9.17) is 0 Å². The number of halogens is 3. The molecule has 1 rings (SSSR count). The largest absolute Gasteiger partial charge is 0.416 e. The van der Waals surface area contributed by atoms with E-state index < -0.39 is 11.7 Å². The third kappa shape index (κ3) is 5.73. The first kappa shape index (κ1) is 14.8. The summed E-state index contributed by atoms with van der Waals surface area (Å²) in [5, 5.41) is 0. The van der Waals surface area contributed by atoms with Crippen LogP contribution in [0.3, 0.4) is 0 Å². The van der Waals surface area contributed by atoms with Crippen molar-refractivity contribution in [1.29, 1.82) is 0 Å². The molecule has 0 N–H and O–H groups in total. The molecule has 1 aromatic rings. The van der Waals surface area contributed by atoms with Crippen molar-refractivity contribution in [3.63, 3.8) is 0 Å². The Morgan fingerprint density at radius 1 is 1.12 bits per heavy atom. The van der Waals surface area contributed by atoms with Crippen LogP contribution in [-0.4, -0.2) is 11.5 Å². The molecule has 0 aliphatic heterocycles. The number of benzene rings is 1. The summed E-state index contributed by atoms with van der Waals surface area (Å²) in [4.78, 5) is 0.686. The van der Waals surface area contributed by atoms with Crippen LogP contribution in [0.15, 0.2) is 29.2 Å². The lowest BCUT2D eigenvalue weighted by Crippen LogP contribution is -2.04. The van der Waals surface area contributed by atoms with E-state index in [0.29, 0.717) is 4.90 Å². The van der Waals surface area contributed by atoms with E-state index >= 15 is 0 Å². The minimum atomic E-state index is -4.25. The molecule has 0 aliphatic carbocycles. The molecule has 0 saturated heterocycles. The van der Waals surface area contributed by atoms with Gasteiger partial charge in [0, 0.05) is 4.90 Å². The zero-order chi connectivity index (χ0) is 12.7. The zero-order valence-electron chi connectivity index (χ0n) is 9.33. The van der Waals surface area contributed by atoms with Gasteiger partial charge in [-0.1, -0.05) is 12.5 Å². The minimum Gasteiger partial charge on any atom is -0.179 e. The van der Waals surface area contributed by atoms with Gasteiger partial charge < -0.3 is 0 Å². The first-order valence-electron chi connectivity index (χ1n) is 5.45. The molecular formula is C12H15F3S2. The van der Waals surface area contributed by atoms with Crippen molar-refractivity contribution >= 4 is 24.4 Å². The van der Waals surface area contributed by atoms with Crippen molar-refractivity contribution in [2.45, 2.75) is 30.3 Å². The number of rotatable bonds is 6. The summed E-state index contributed by atoms with van der Waals surface area (Å²) in [6, 6.07) is 5.49. The van der Waals surface area contributed by atoms with Crippen LogP contribution in [0.2, 0.25) is 0 Å². The van der Waals surface area contributed by atoms with Crippen molar-refractivity contribution < 1.29 is 13.2 Å². The summed E-state index contributed by atoms with van der Waals surface area (Å²) in [5.41, 5.74) is -0.571. The van der Waals surface area contributed by atoms with Crippen molar-refractivity contribution in [2.24, 2.45) is 0 Å². The Bertz CT molecular complexity index is 337. The van der Waals surface area contributed by atoms with Crippen LogP contribution in [0.1, 0.15) is 24.8 Å². The molecule has 0 unspecified atom stereocenters. The summed E-state index contributed by atoms with van der Waals surface area (Å²) < 4.78 is 37.3. The fourth-order valence-electron chi connectivity index (χ4n) is 1.34. The molecule has 0 nitrogen and oxygen atoms in total. The summed E-state index contributed by atoms with van der Waals surface area (Å²) in [5.74, 6) is 1.73. The van der Waals surface area contributed by atoms with Gasteiger partial charge in [0.1, 0.15) is 0 Å². The molecule has 1 aromatic carbocycles. The topological polar surface area (TPSA) is 0 Å². The maximum Gasteiger partial charge on any atom is 0.416 e. The van der Waals surface area contributed by atoms with Crippen LogP contribution in [-0.2, 0) is 6.18 Å². The van der Waals surface area contributed by atoms with Crippen molar-refractivity contribution in [1.82, 2.24) is 0 Å². The van der Waals surface area contributed by atoms with Crippen LogP contribution in [0.5, 0.6) is 0 Å². The zero-order valence-corrected chi connectivity index (χ0v) is 11.0. The molecule has 96 valence electrons. The summed E-state index contributed by atoms with van der Waals surface area (Å²) >= 11 is 5.58. The highest BCUT2D eigenvalue weighted by molar-refractivity contribution is 7.99. The van der Waals surface area contributed by atoms with Gasteiger partial charge in [-0.3, -0.25) is 0 Å². The molecular weight excluding hydrogens is 265 g/mol. The van der Waals surface area contributed by atoms with Gasteiger partial charge >= 0.3 is 6.18 Å². The Morgan fingerprint density at radius 3 is 2.53 bits per heavy atom. The summed E-state index contributed by atoms with van der Waals surface area (Å²) in [6.45, 7) is 0. The Kier molecular flexibility index (Phi) is 6.27. The predicted molar refractivity (Wildman–Crippen MR) is 69.9 cm³/mol. The molecule has 0 atom stereocenters. The highest BCUT2D eigenvalue weighted by Crippen LogP contribution is 2.32. The SMILES string of the molecule is FC(F)(F)c1cccc(SCCCCCS)c1. The minimum absolute atomic E-state index is 0.571. The van der Waals surface area contributed by atoms with Crippen LogP contribution in [0.25, 0.3) is 0 Å². The smallest absolute Gasteiger partial charge is 0.179 e. The maximum absolute atomic E-state index is 12.4. The molecule has 0 bridgehead atoms. The second kappa shape index (κ2) is 7.21. The Morgan fingerprint density at radius 2 is 1.88 bits per heavy atom. The first-order chi connectivity index (χ1) is 8.04. The molecule has 0 radical (unpaired) electrons. The number of hydrogen-bond donors (Lipinski definition) is 1. The van der Waals surface area contributed by atoms with Crippen LogP contribution < -0.4 is 0 Å². The average molecular weight is 280 g/mol. The van der Waals surface area contributed by atoms with E-state index in [1.165, 1.54) is 23.9 Å². The van der Waals surface area contributed by atoms with E-state index in [1.807, 2.05) is 0 Å². The Hall–Kier alpha value is -0.290. The van der Waals surface area contributed by atoms with Crippen LogP contribution in [0, 0.1) is 0 Å². The molecule has 0 fully saturated rings. The first-order valence-corrected chi connectivity index (χ1v) is 7.07. The normalized spacial score (nSPS) is 11.8. The third-order valence-electron chi connectivity index (χ3n) is 2.23. The van der Waals surface area contributed by atoms with E-state index in [0.717, 1.165) is 36.8 Å². The fraction of sp³-hybridized carbons (Fsp3) is 0.500. The van der Waals surface area contributed by atoms with E-state index in [9.17, 15) is 13.2 Å². The molecule has 0 heterocycles. The predicted octanol–water partition coefficient (Wildman–Crippen LogP) is 4.90. The van der Waals surface area contributed by atoms with E-state index in [-0.39, 0.29) is 0 Å². The van der Waals surface area contributed by atoms with Crippen molar-refractivity contribution in [3.05, 3.63) is 29.8 Å². The van der Waals surface area contributed by atoms with E-state index in [1.54, 1.807) is 6.07 Å². The second-order valence-corrected chi connectivity index (χ2v) is 5.27. The van der Waals surface area contributed by atoms with E-state index in [2.05, 4.69) is 12.6 Å². The highest BCUT2D eigenvalue weighted by Gasteiger charge is 2.30. The molecule has 0 aliphatic rings. The molecule has 5 heteroatoms. The quantitative estimate of drug-likeness (QED) is 0.439. The second-order valence-electron chi connectivity index (χ2n) is 3.66. The summed E-state index contributed by atoms with van der Waals surface area (Å²) in [7, 11) is 0. The van der Waals surface area contributed by atoms with Crippen LogP contribution >= 0.6 is 24.4 Å². The number of alkyl halides is 3. The van der Waals surface area contributed by atoms with Crippen molar-refractivity contribution in [2.75, 3.05) is 11.5 Å². The average Bonchev–Trinajstić information content (AvgIpc) is 2.28. The standard InChI is InChI=1S/C12H15F3S2/c13-12(14,15)10-5-4-6-11(9-10)17-8-3-1-2-7-16/h4-6,9,16H,1-3,7-8H2. The van der Waals surface area contributed by atoms with Crippen LogP contribution in [0.4, 0.5) is 13.2 Å². The van der Waals surface area contributed by atoms with Gasteiger partial charge in [0.15, 0.2) is 0 Å². The Labute approximate surface area is 109 Å². The van der Waals surface area contributed by atoms with Gasteiger partial charge in [-0.2, -0.15) is 25.8 Å². The van der Waals surface area contributed by atoms with Gasteiger partial charge in [0.25, 0.3) is 0 Å². The van der Waals surface area contributed by atoms with Gasteiger partial charge in [-0.05, 0) is 42.5 Å². The molecule has 0 saturated carbocycles. The van der Waals surface area contributed by atoms with Gasteiger partial charge in [-0.15, -0.1) is 11.8 Å². The molecule has 0 aromatic heterocycles. The lowest BCUT2D eigenvalue weighted by molar-refractivity contribution is -0.137. The number of thioether (sulfide) groups is 1. The van der Waals surface area contributed by atoms with Crippen molar-refractivity contribution in [3.8, 4) is 0 Å². The lowest BCUT2D eigenvalue weighted by Gasteiger charge is -2.08. The monoisotopic (exact) mass is 280 g/mol. The number of unbranched alkanes of at least 4 members (excludes halogenated alkanes) is 2. The van der Waals surface area contributed by atoms with Gasteiger partial charge in [-0.25, -0.2) is 0 Å². The Balaban J connectivity index is 2.44. The lowest BCUT2D eigenvalue weighted by atomic mass is 10.2. The fourth-order valence-corrected chi connectivity index (χ4v) is 2.54. The van der Waals surface area contributed by atoms with Gasteiger partial charge in [0.05, 0.1) is 5.56 Å². The summed E-state index contributed by atoms with van der Waals surface area (Å²) in [6.07, 6.45) is -1.09. The number of thiol groups is 1. The third-order valence-corrected chi connectivity index (χ3v) is 3.63. The molecule has 0 spiro atoms. The number of hydrogen-bond acceptors (Lipinski definition) is 2. The van der Waals surface area contributed by atoms with Gasteiger partial charge in [0.2, 0.25) is 0 Å². The highest BCUT2D eigenvalue weighted by atomic mass is 32.2. The molecule has 0 amide bonds. The molecule has 17 heavy (non-hydrogen) atoms.